The molecule has 4 aliphatic carbocycles. The first-order chi connectivity index (χ1) is 12.4. The molecule has 1 aliphatic heterocycles. The normalized spacial score (nSPS) is 54.4. The van der Waals surface area contributed by atoms with Crippen LogP contribution in [0.15, 0.2) is 11.6 Å². The fraction of sp³-hybridized carbons (Fsp3) is 0.913. The van der Waals surface area contributed by atoms with Gasteiger partial charge in [0, 0.05) is 6.04 Å². The van der Waals surface area contributed by atoms with Crippen LogP contribution in [0.3, 0.4) is 0 Å². The molecule has 0 spiro atoms. The van der Waals surface area contributed by atoms with Gasteiger partial charge in [0.05, 0.1) is 6.10 Å². The molecule has 146 valence electrons. The van der Waals surface area contributed by atoms with Crippen LogP contribution >= 0.6 is 0 Å². The second-order valence-electron chi connectivity index (χ2n) is 10.6. The first-order valence-corrected chi connectivity index (χ1v) is 11.2. The molecule has 3 heteroatoms. The summed E-state index contributed by atoms with van der Waals surface area (Å²) in [7, 11) is 0. The number of aliphatic hydroxyl groups excluding tert-OH is 1. The molecule has 0 aromatic rings. The SMILES string of the molecule is C[C@]12CC[C@H]3[C@@H](CC=C4C[C@@H](N5CCCC5)CC[C@@]43C)[C@@H]1C[C@@H](F)[C@@H]2O. The Labute approximate surface area is 158 Å². The molecule has 0 aromatic carbocycles. The number of fused-ring (bicyclic) bond motifs is 5. The lowest BCUT2D eigenvalue weighted by atomic mass is 9.48. The van der Waals surface area contributed by atoms with Gasteiger partial charge in [0.25, 0.3) is 0 Å². The highest BCUT2D eigenvalue weighted by Crippen LogP contribution is 2.65. The average Bonchev–Trinajstić information content (AvgIpc) is 3.23. The Morgan fingerprint density at radius 1 is 1.12 bits per heavy atom. The first kappa shape index (κ1) is 17.7. The van der Waals surface area contributed by atoms with Gasteiger partial charge in [0.15, 0.2) is 0 Å². The zero-order valence-corrected chi connectivity index (χ0v) is 16.6. The van der Waals surface area contributed by atoms with E-state index < -0.39 is 12.3 Å². The molecular formula is C23H36FNO. The summed E-state index contributed by atoms with van der Waals surface area (Å²) in [6, 6.07) is 0.769. The van der Waals surface area contributed by atoms with Crippen molar-refractivity contribution in [2.75, 3.05) is 13.1 Å². The maximum atomic E-state index is 14.4. The van der Waals surface area contributed by atoms with E-state index in [-0.39, 0.29) is 5.41 Å². The van der Waals surface area contributed by atoms with Crippen LogP contribution in [0.1, 0.15) is 71.6 Å². The third-order valence-electron chi connectivity index (χ3n) is 9.67. The predicted octanol–water partition coefficient (Wildman–Crippen LogP) is 4.72. The molecule has 0 radical (unpaired) electrons. The number of nitrogens with zero attached hydrogens (tertiary/aromatic N) is 1. The van der Waals surface area contributed by atoms with Crippen molar-refractivity contribution >= 4 is 0 Å². The summed E-state index contributed by atoms with van der Waals surface area (Å²) in [5.74, 6) is 1.66. The van der Waals surface area contributed by atoms with Crippen molar-refractivity contribution in [3.05, 3.63) is 11.6 Å². The summed E-state index contributed by atoms with van der Waals surface area (Å²) in [6.07, 6.45) is 11.4. The number of hydrogen-bond donors (Lipinski definition) is 1. The van der Waals surface area contributed by atoms with Gasteiger partial charge in [-0.25, -0.2) is 4.39 Å². The second kappa shape index (κ2) is 6.04. The Kier molecular flexibility index (Phi) is 4.11. The quantitative estimate of drug-likeness (QED) is 0.683. The molecule has 0 unspecified atom stereocenters. The minimum Gasteiger partial charge on any atom is -0.390 e. The molecular weight excluding hydrogens is 325 g/mol. The van der Waals surface area contributed by atoms with Gasteiger partial charge in [-0.1, -0.05) is 25.5 Å². The molecule has 26 heavy (non-hydrogen) atoms. The average molecular weight is 362 g/mol. The van der Waals surface area contributed by atoms with Crippen LogP contribution < -0.4 is 0 Å². The molecule has 5 aliphatic rings. The lowest BCUT2D eigenvalue weighted by Crippen LogP contribution is -2.52. The Bertz CT molecular complexity index is 599. The lowest BCUT2D eigenvalue weighted by molar-refractivity contribution is -0.0744. The van der Waals surface area contributed by atoms with E-state index in [0.717, 1.165) is 18.9 Å². The van der Waals surface area contributed by atoms with E-state index in [1.807, 2.05) is 0 Å². The third-order valence-corrected chi connectivity index (χ3v) is 9.67. The van der Waals surface area contributed by atoms with E-state index in [2.05, 4.69) is 24.8 Å². The van der Waals surface area contributed by atoms with Gasteiger partial charge in [-0.15, -0.1) is 0 Å². The number of rotatable bonds is 1. The highest BCUT2D eigenvalue weighted by molar-refractivity contribution is 5.26. The predicted molar refractivity (Wildman–Crippen MR) is 103 cm³/mol. The largest absolute Gasteiger partial charge is 0.390 e. The van der Waals surface area contributed by atoms with Gasteiger partial charge in [0.2, 0.25) is 0 Å². The summed E-state index contributed by atoms with van der Waals surface area (Å²) in [6.45, 7) is 7.30. The minimum absolute atomic E-state index is 0.185. The van der Waals surface area contributed by atoms with E-state index in [1.54, 1.807) is 5.57 Å². The Hall–Kier alpha value is -0.410. The van der Waals surface area contributed by atoms with Crippen LogP contribution in [0.4, 0.5) is 4.39 Å². The Morgan fingerprint density at radius 3 is 2.65 bits per heavy atom. The second-order valence-corrected chi connectivity index (χ2v) is 10.6. The highest BCUT2D eigenvalue weighted by atomic mass is 19.1. The fourth-order valence-electron chi connectivity index (χ4n) is 8.00. The topological polar surface area (TPSA) is 23.5 Å². The van der Waals surface area contributed by atoms with Crippen molar-refractivity contribution in [3.63, 3.8) is 0 Å². The number of aliphatic hydroxyl groups is 1. The number of alkyl halides is 1. The van der Waals surface area contributed by atoms with Gasteiger partial charge >= 0.3 is 0 Å². The van der Waals surface area contributed by atoms with Gasteiger partial charge in [-0.3, -0.25) is 0 Å². The molecule has 0 aromatic heterocycles. The van der Waals surface area contributed by atoms with Crippen LogP contribution in [0.2, 0.25) is 0 Å². The van der Waals surface area contributed by atoms with Crippen molar-refractivity contribution in [1.82, 2.24) is 4.90 Å². The zero-order chi connectivity index (χ0) is 18.1. The van der Waals surface area contributed by atoms with Gasteiger partial charge in [0.1, 0.15) is 6.17 Å². The molecule has 3 saturated carbocycles. The standard InChI is InChI=1S/C23H36FNO/c1-22-9-7-16(25-11-3-4-12-25)13-15(22)5-6-17-18(22)8-10-23(2)19(17)14-20(24)21(23)26/h5,16-21,26H,3-4,6-14H2,1-2H3/t16-,17+,18-,19-,20+,21-,22-,23-/m0/s1. The fourth-order valence-corrected chi connectivity index (χ4v) is 8.00. The number of halogens is 1. The Balaban J connectivity index is 1.40. The van der Waals surface area contributed by atoms with Crippen molar-refractivity contribution in [2.24, 2.45) is 28.6 Å². The number of hydrogen-bond acceptors (Lipinski definition) is 2. The van der Waals surface area contributed by atoms with Gasteiger partial charge in [-0.2, -0.15) is 0 Å². The summed E-state index contributed by atoms with van der Waals surface area (Å²) in [5.41, 5.74) is 1.87. The maximum Gasteiger partial charge on any atom is 0.127 e. The molecule has 4 fully saturated rings. The van der Waals surface area contributed by atoms with E-state index in [1.165, 1.54) is 51.6 Å². The van der Waals surface area contributed by atoms with Crippen molar-refractivity contribution in [1.29, 1.82) is 0 Å². The van der Waals surface area contributed by atoms with E-state index >= 15 is 0 Å². The smallest absolute Gasteiger partial charge is 0.127 e. The molecule has 8 atom stereocenters. The monoisotopic (exact) mass is 361 g/mol. The highest BCUT2D eigenvalue weighted by Gasteiger charge is 2.61. The van der Waals surface area contributed by atoms with E-state index in [9.17, 15) is 9.50 Å². The number of allylic oxidation sites excluding steroid dienone is 1. The molecule has 1 saturated heterocycles. The molecule has 0 amide bonds. The van der Waals surface area contributed by atoms with Crippen LogP contribution in [0.5, 0.6) is 0 Å². The van der Waals surface area contributed by atoms with Crippen LogP contribution in [0.25, 0.3) is 0 Å². The van der Waals surface area contributed by atoms with Gasteiger partial charge < -0.3 is 10.0 Å². The summed E-state index contributed by atoms with van der Waals surface area (Å²) in [5, 5.41) is 10.5. The number of likely N-dealkylation sites (tertiary alicyclic amines) is 1. The van der Waals surface area contributed by atoms with Crippen molar-refractivity contribution < 1.29 is 9.50 Å². The zero-order valence-electron chi connectivity index (χ0n) is 16.6. The molecule has 1 N–H and O–H groups in total. The lowest BCUT2D eigenvalue weighted by Gasteiger charge is -2.58. The van der Waals surface area contributed by atoms with E-state index in [4.69, 9.17) is 0 Å². The minimum atomic E-state index is -1.01. The third kappa shape index (κ3) is 2.35. The molecule has 2 nitrogen and oxygen atoms in total. The van der Waals surface area contributed by atoms with Crippen LogP contribution in [-0.4, -0.2) is 41.4 Å². The molecule has 5 rings (SSSR count). The summed E-state index contributed by atoms with van der Waals surface area (Å²) in [4.78, 5) is 2.74. The summed E-state index contributed by atoms with van der Waals surface area (Å²) >= 11 is 0. The van der Waals surface area contributed by atoms with Crippen LogP contribution in [-0.2, 0) is 0 Å². The molecule has 1 heterocycles. The van der Waals surface area contributed by atoms with Crippen molar-refractivity contribution in [2.45, 2.75) is 90.0 Å². The van der Waals surface area contributed by atoms with Crippen molar-refractivity contribution in [3.8, 4) is 0 Å². The summed E-state index contributed by atoms with van der Waals surface area (Å²) < 4.78 is 14.4. The van der Waals surface area contributed by atoms with Crippen LogP contribution in [0, 0.1) is 28.6 Å². The first-order valence-electron chi connectivity index (χ1n) is 11.2. The van der Waals surface area contributed by atoms with E-state index in [0.29, 0.717) is 29.6 Å². The Morgan fingerprint density at radius 2 is 1.88 bits per heavy atom. The molecule has 0 bridgehead atoms. The maximum absolute atomic E-state index is 14.4. The van der Waals surface area contributed by atoms with Gasteiger partial charge in [-0.05, 0) is 99.5 Å².